The van der Waals surface area contributed by atoms with Gasteiger partial charge in [0.1, 0.15) is 5.82 Å². The summed E-state index contributed by atoms with van der Waals surface area (Å²) in [6.07, 6.45) is 2.40. The van der Waals surface area contributed by atoms with E-state index in [0.29, 0.717) is 24.4 Å². The van der Waals surface area contributed by atoms with Crippen molar-refractivity contribution in [1.82, 2.24) is 20.1 Å². The third-order valence-corrected chi connectivity index (χ3v) is 2.41. The highest BCUT2D eigenvalue weighted by Crippen LogP contribution is 2.24. The first-order chi connectivity index (χ1) is 7.15. The average molecular weight is 209 g/mol. The summed E-state index contributed by atoms with van der Waals surface area (Å²) >= 11 is 0. The van der Waals surface area contributed by atoms with Crippen molar-refractivity contribution in [3.8, 4) is 0 Å². The van der Waals surface area contributed by atoms with E-state index in [1.807, 2.05) is 7.05 Å². The topological polar surface area (TPSA) is 73.9 Å². The Bertz CT molecular complexity index is 357. The van der Waals surface area contributed by atoms with Gasteiger partial charge in [0.2, 0.25) is 11.9 Å². The molecule has 1 fully saturated rings. The van der Waals surface area contributed by atoms with Crippen molar-refractivity contribution < 1.29 is 4.79 Å². The summed E-state index contributed by atoms with van der Waals surface area (Å²) in [6, 6.07) is 0.588. The molecule has 0 unspecified atom stereocenters. The van der Waals surface area contributed by atoms with Crippen LogP contribution >= 0.6 is 0 Å². The maximum atomic E-state index is 11.5. The molecule has 0 bridgehead atoms. The molecule has 1 aromatic heterocycles. The van der Waals surface area contributed by atoms with Crippen molar-refractivity contribution in [2.24, 2.45) is 0 Å². The van der Waals surface area contributed by atoms with Crippen molar-refractivity contribution in [2.45, 2.75) is 25.8 Å². The van der Waals surface area contributed by atoms with Gasteiger partial charge in [-0.15, -0.1) is 5.10 Å². The molecule has 82 valence electrons. The first kappa shape index (κ1) is 10.1. The van der Waals surface area contributed by atoms with Crippen molar-refractivity contribution in [1.29, 1.82) is 0 Å². The first-order valence-electron chi connectivity index (χ1n) is 5.04. The largest absolute Gasteiger partial charge is 0.295 e. The van der Waals surface area contributed by atoms with E-state index in [1.165, 1.54) is 12.8 Å². The van der Waals surface area contributed by atoms with Crippen molar-refractivity contribution in [3.63, 3.8) is 0 Å². The molecule has 0 saturated heterocycles. The molecule has 2 N–H and O–H groups in total. The van der Waals surface area contributed by atoms with Crippen molar-refractivity contribution in [3.05, 3.63) is 5.82 Å². The molecule has 0 atom stereocenters. The van der Waals surface area contributed by atoms with Gasteiger partial charge in [-0.3, -0.25) is 20.1 Å². The fourth-order valence-corrected chi connectivity index (χ4v) is 1.43. The van der Waals surface area contributed by atoms with E-state index in [2.05, 4.69) is 25.4 Å². The zero-order valence-electron chi connectivity index (χ0n) is 8.95. The van der Waals surface area contributed by atoms with Gasteiger partial charge >= 0.3 is 0 Å². The van der Waals surface area contributed by atoms with Gasteiger partial charge in [0, 0.05) is 6.04 Å². The SMILES string of the molecule is Cc1nc(NC(=O)CN(C)C2CC2)n[nH]1. The highest BCUT2D eigenvalue weighted by Gasteiger charge is 2.27. The summed E-state index contributed by atoms with van der Waals surface area (Å²) in [5, 5.41) is 9.15. The number of rotatable bonds is 4. The molecule has 1 saturated carbocycles. The van der Waals surface area contributed by atoms with Gasteiger partial charge in [-0.2, -0.15) is 4.98 Å². The molecule has 6 heteroatoms. The lowest BCUT2D eigenvalue weighted by Gasteiger charge is -2.13. The number of aromatic amines is 1. The third-order valence-electron chi connectivity index (χ3n) is 2.41. The van der Waals surface area contributed by atoms with Gasteiger partial charge in [0.25, 0.3) is 0 Å². The van der Waals surface area contributed by atoms with Crippen LogP contribution in [0.2, 0.25) is 0 Å². The van der Waals surface area contributed by atoms with Crippen LogP contribution in [0.3, 0.4) is 0 Å². The van der Waals surface area contributed by atoms with E-state index in [0.717, 1.165) is 0 Å². The number of carbonyl (C=O) groups excluding carboxylic acids is 1. The molecule has 0 radical (unpaired) electrons. The van der Waals surface area contributed by atoms with Crippen LogP contribution in [0, 0.1) is 6.92 Å². The Balaban J connectivity index is 1.81. The minimum atomic E-state index is -0.0663. The van der Waals surface area contributed by atoms with Crippen LogP contribution in [0.4, 0.5) is 5.95 Å². The Morgan fingerprint density at radius 1 is 1.67 bits per heavy atom. The molecule has 15 heavy (non-hydrogen) atoms. The number of nitrogens with one attached hydrogen (secondary N) is 2. The predicted molar refractivity (Wildman–Crippen MR) is 55.4 cm³/mol. The summed E-state index contributed by atoms with van der Waals surface area (Å²) in [4.78, 5) is 17.6. The minimum Gasteiger partial charge on any atom is -0.295 e. The molecular formula is C9H15N5O. The molecule has 0 aromatic carbocycles. The van der Waals surface area contributed by atoms with Crippen LogP contribution in [-0.4, -0.2) is 45.6 Å². The van der Waals surface area contributed by atoms with Gasteiger partial charge in [0.15, 0.2) is 0 Å². The fraction of sp³-hybridized carbons (Fsp3) is 0.667. The summed E-state index contributed by atoms with van der Waals surface area (Å²) in [7, 11) is 1.96. The van der Waals surface area contributed by atoms with E-state index in [-0.39, 0.29) is 5.91 Å². The minimum absolute atomic E-state index is 0.0663. The molecule has 1 aliphatic carbocycles. The van der Waals surface area contributed by atoms with Gasteiger partial charge in [-0.1, -0.05) is 0 Å². The first-order valence-corrected chi connectivity index (χ1v) is 5.04. The summed E-state index contributed by atoms with van der Waals surface area (Å²) in [5.41, 5.74) is 0. The van der Waals surface area contributed by atoms with E-state index < -0.39 is 0 Å². The molecule has 0 spiro atoms. The summed E-state index contributed by atoms with van der Waals surface area (Å²) in [6.45, 7) is 2.19. The van der Waals surface area contributed by atoms with Gasteiger partial charge in [-0.25, -0.2) is 0 Å². The number of carbonyl (C=O) groups is 1. The molecule has 0 aliphatic heterocycles. The van der Waals surface area contributed by atoms with Crippen LogP contribution in [0.1, 0.15) is 18.7 Å². The monoisotopic (exact) mass is 209 g/mol. The number of anilines is 1. The average Bonchev–Trinajstić information content (AvgIpc) is 2.92. The Hall–Kier alpha value is -1.43. The molecule has 1 heterocycles. The summed E-state index contributed by atoms with van der Waals surface area (Å²) < 4.78 is 0. The number of nitrogens with zero attached hydrogens (tertiary/aromatic N) is 3. The maximum absolute atomic E-state index is 11.5. The Morgan fingerprint density at radius 3 is 2.93 bits per heavy atom. The molecule has 1 aliphatic rings. The highest BCUT2D eigenvalue weighted by atomic mass is 16.2. The van der Waals surface area contributed by atoms with Crippen LogP contribution in [-0.2, 0) is 4.79 Å². The third kappa shape index (κ3) is 2.76. The smallest absolute Gasteiger partial charge is 0.248 e. The number of aryl methyl sites for hydroxylation is 1. The predicted octanol–water partition coefficient (Wildman–Crippen LogP) is 0.146. The molecule has 2 rings (SSSR count). The second kappa shape index (κ2) is 3.98. The Kier molecular flexibility index (Phi) is 2.68. The van der Waals surface area contributed by atoms with E-state index in [1.54, 1.807) is 6.92 Å². The van der Waals surface area contributed by atoms with E-state index in [9.17, 15) is 4.79 Å². The lowest BCUT2D eigenvalue weighted by Crippen LogP contribution is -2.31. The second-order valence-electron chi connectivity index (χ2n) is 3.94. The van der Waals surface area contributed by atoms with Crippen LogP contribution in [0.25, 0.3) is 0 Å². The lowest BCUT2D eigenvalue weighted by molar-refractivity contribution is -0.117. The second-order valence-corrected chi connectivity index (χ2v) is 3.94. The van der Waals surface area contributed by atoms with Crippen molar-refractivity contribution in [2.75, 3.05) is 18.9 Å². The van der Waals surface area contributed by atoms with Crippen LogP contribution < -0.4 is 5.32 Å². The zero-order valence-corrected chi connectivity index (χ0v) is 8.95. The quantitative estimate of drug-likeness (QED) is 0.740. The fourth-order valence-electron chi connectivity index (χ4n) is 1.43. The molecule has 6 nitrogen and oxygen atoms in total. The molecule has 1 aromatic rings. The number of H-pyrrole nitrogens is 1. The standard InChI is InChI=1S/C9H15N5O/c1-6-10-9(13-12-6)11-8(15)5-14(2)7-3-4-7/h7H,3-5H2,1-2H3,(H2,10,11,12,13,15). The highest BCUT2D eigenvalue weighted by molar-refractivity contribution is 5.90. The van der Waals surface area contributed by atoms with Crippen LogP contribution in [0.5, 0.6) is 0 Å². The van der Waals surface area contributed by atoms with Gasteiger partial charge < -0.3 is 0 Å². The number of hydrogen-bond donors (Lipinski definition) is 2. The Morgan fingerprint density at radius 2 is 2.40 bits per heavy atom. The maximum Gasteiger partial charge on any atom is 0.248 e. The number of aromatic nitrogens is 3. The molecular weight excluding hydrogens is 194 g/mol. The number of amides is 1. The van der Waals surface area contributed by atoms with Crippen molar-refractivity contribution >= 4 is 11.9 Å². The van der Waals surface area contributed by atoms with Crippen LogP contribution in [0.15, 0.2) is 0 Å². The Labute approximate surface area is 88.1 Å². The van der Waals surface area contributed by atoms with E-state index in [4.69, 9.17) is 0 Å². The zero-order chi connectivity index (χ0) is 10.8. The van der Waals surface area contributed by atoms with Gasteiger partial charge in [-0.05, 0) is 26.8 Å². The normalized spacial score (nSPS) is 15.7. The lowest BCUT2D eigenvalue weighted by atomic mass is 10.5. The number of hydrogen-bond acceptors (Lipinski definition) is 4. The number of likely N-dealkylation sites (N-methyl/N-ethyl adjacent to an activating group) is 1. The van der Waals surface area contributed by atoms with Gasteiger partial charge in [0.05, 0.1) is 6.54 Å². The van der Waals surface area contributed by atoms with E-state index >= 15 is 0 Å². The molecule has 1 amide bonds. The summed E-state index contributed by atoms with van der Waals surface area (Å²) in [5.74, 6) is 0.978.